The van der Waals surface area contributed by atoms with Gasteiger partial charge in [0.25, 0.3) is 0 Å². The molecule has 1 aromatic carbocycles. The fraction of sp³-hybridized carbons (Fsp3) is 0.571. The molecule has 18 heavy (non-hydrogen) atoms. The van der Waals surface area contributed by atoms with Crippen LogP contribution in [0, 0.1) is 0 Å². The fourth-order valence-corrected chi connectivity index (χ4v) is 3.12. The zero-order valence-electron chi connectivity index (χ0n) is 10.5. The van der Waals surface area contributed by atoms with Crippen LogP contribution >= 0.6 is 23.2 Å². The minimum Gasteiger partial charge on any atom is -0.390 e. The van der Waals surface area contributed by atoms with Gasteiger partial charge in [-0.1, -0.05) is 29.3 Å². The molecule has 0 amide bonds. The van der Waals surface area contributed by atoms with Crippen LogP contribution in [-0.2, 0) is 6.42 Å². The lowest BCUT2D eigenvalue weighted by Gasteiger charge is -2.36. The maximum atomic E-state index is 10.6. The van der Waals surface area contributed by atoms with Gasteiger partial charge in [-0.05, 0) is 50.4 Å². The van der Waals surface area contributed by atoms with Crippen molar-refractivity contribution in [2.75, 3.05) is 7.05 Å². The fourth-order valence-electron chi connectivity index (χ4n) is 2.64. The van der Waals surface area contributed by atoms with Crippen molar-refractivity contribution in [1.29, 1.82) is 0 Å². The van der Waals surface area contributed by atoms with Gasteiger partial charge in [-0.25, -0.2) is 0 Å². The second-order valence-corrected chi connectivity index (χ2v) is 6.04. The van der Waals surface area contributed by atoms with E-state index in [-0.39, 0.29) is 0 Å². The van der Waals surface area contributed by atoms with E-state index in [9.17, 15) is 5.11 Å². The average Bonchev–Trinajstić information content (AvgIpc) is 2.34. The Kier molecular flexibility index (Phi) is 4.54. The minimum atomic E-state index is -0.620. The monoisotopic (exact) mass is 287 g/mol. The highest BCUT2D eigenvalue weighted by atomic mass is 35.5. The average molecular weight is 288 g/mol. The van der Waals surface area contributed by atoms with Crippen LogP contribution in [0.5, 0.6) is 0 Å². The first kappa shape index (κ1) is 14.1. The number of hydrogen-bond acceptors (Lipinski definition) is 2. The highest BCUT2D eigenvalue weighted by molar-refractivity contribution is 6.35. The summed E-state index contributed by atoms with van der Waals surface area (Å²) in [5.74, 6) is 0. The van der Waals surface area contributed by atoms with Crippen molar-refractivity contribution < 1.29 is 5.11 Å². The zero-order valence-corrected chi connectivity index (χ0v) is 12.1. The number of rotatable bonds is 3. The molecular weight excluding hydrogens is 269 g/mol. The van der Waals surface area contributed by atoms with E-state index in [1.165, 1.54) is 0 Å². The molecule has 0 bridgehead atoms. The van der Waals surface area contributed by atoms with Crippen LogP contribution in [0.1, 0.15) is 31.2 Å². The molecule has 0 atom stereocenters. The van der Waals surface area contributed by atoms with Gasteiger partial charge in [0.1, 0.15) is 0 Å². The Morgan fingerprint density at radius 2 is 2.00 bits per heavy atom. The van der Waals surface area contributed by atoms with Gasteiger partial charge in [0, 0.05) is 22.5 Å². The Hall–Kier alpha value is -0.280. The second-order valence-electron chi connectivity index (χ2n) is 5.20. The first-order chi connectivity index (χ1) is 8.52. The molecule has 0 aliphatic heterocycles. The predicted octanol–water partition coefficient (Wildman–Crippen LogP) is 3.43. The Balaban J connectivity index is 2.04. The van der Waals surface area contributed by atoms with E-state index < -0.39 is 5.60 Å². The quantitative estimate of drug-likeness (QED) is 0.893. The Morgan fingerprint density at radius 1 is 1.33 bits per heavy atom. The molecule has 100 valence electrons. The van der Waals surface area contributed by atoms with Crippen LogP contribution in [0.2, 0.25) is 10.0 Å². The molecule has 2 rings (SSSR count). The highest BCUT2D eigenvalue weighted by Crippen LogP contribution is 2.33. The molecule has 4 heteroatoms. The summed E-state index contributed by atoms with van der Waals surface area (Å²) in [6, 6.07) is 6.00. The molecule has 0 spiro atoms. The van der Waals surface area contributed by atoms with Gasteiger partial charge < -0.3 is 10.4 Å². The van der Waals surface area contributed by atoms with Crippen LogP contribution in [0.3, 0.4) is 0 Å². The maximum absolute atomic E-state index is 10.6. The van der Waals surface area contributed by atoms with Gasteiger partial charge in [0.05, 0.1) is 5.60 Å². The van der Waals surface area contributed by atoms with E-state index in [0.29, 0.717) is 22.5 Å². The summed E-state index contributed by atoms with van der Waals surface area (Å²) in [4.78, 5) is 0. The summed E-state index contributed by atoms with van der Waals surface area (Å²) in [5.41, 5.74) is 0.358. The summed E-state index contributed by atoms with van der Waals surface area (Å²) in [6.45, 7) is 0. The molecule has 1 aliphatic carbocycles. The SMILES string of the molecule is CNC1CCC(O)(Cc2ccc(Cl)cc2Cl)CC1. The van der Waals surface area contributed by atoms with E-state index in [2.05, 4.69) is 5.32 Å². The first-order valence-electron chi connectivity index (χ1n) is 6.36. The van der Waals surface area contributed by atoms with Gasteiger partial charge in [-0.15, -0.1) is 0 Å². The van der Waals surface area contributed by atoms with E-state index in [0.717, 1.165) is 31.2 Å². The number of halogens is 2. The van der Waals surface area contributed by atoms with Crippen LogP contribution < -0.4 is 5.32 Å². The largest absolute Gasteiger partial charge is 0.390 e. The molecule has 0 radical (unpaired) electrons. The topological polar surface area (TPSA) is 32.3 Å². The molecule has 0 heterocycles. The normalized spacial score (nSPS) is 28.3. The van der Waals surface area contributed by atoms with Crippen molar-refractivity contribution in [3.8, 4) is 0 Å². The summed E-state index contributed by atoms with van der Waals surface area (Å²) in [7, 11) is 1.98. The molecule has 0 aromatic heterocycles. The van der Waals surface area contributed by atoms with Crippen molar-refractivity contribution in [2.45, 2.75) is 43.7 Å². The smallest absolute Gasteiger partial charge is 0.0689 e. The molecule has 1 fully saturated rings. The van der Waals surface area contributed by atoms with Gasteiger partial charge in [0.15, 0.2) is 0 Å². The Morgan fingerprint density at radius 3 is 2.56 bits per heavy atom. The second kappa shape index (κ2) is 5.79. The molecule has 2 N–H and O–H groups in total. The standard InChI is InChI=1S/C14H19Cl2NO/c1-17-12-4-6-14(18,7-5-12)9-10-2-3-11(15)8-13(10)16/h2-3,8,12,17-18H,4-7,9H2,1H3. The molecule has 0 saturated heterocycles. The van der Waals surface area contributed by atoms with Crippen LogP contribution in [0.4, 0.5) is 0 Å². The van der Waals surface area contributed by atoms with Crippen LogP contribution in [-0.4, -0.2) is 23.8 Å². The zero-order chi connectivity index (χ0) is 13.2. The third-order valence-electron chi connectivity index (χ3n) is 3.86. The summed E-state index contributed by atoms with van der Waals surface area (Å²) >= 11 is 12.0. The summed E-state index contributed by atoms with van der Waals surface area (Å²) < 4.78 is 0. The molecule has 1 saturated carbocycles. The van der Waals surface area contributed by atoms with Gasteiger partial charge >= 0.3 is 0 Å². The Labute approximate surface area is 118 Å². The number of benzene rings is 1. The third kappa shape index (κ3) is 3.39. The van der Waals surface area contributed by atoms with Crippen molar-refractivity contribution in [3.05, 3.63) is 33.8 Å². The molecule has 0 unspecified atom stereocenters. The van der Waals surface area contributed by atoms with Gasteiger partial charge in [0.2, 0.25) is 0 Å². The molecular formula is C14H19Cl2NO. The third-order valence-corrected chi connectivity index (χ3v) is 4.45. The van der Waals surface area contributed by atoms with E-state index in [1.807, 2.05) is 19.2 Å². The molecule has 1 aliphatic rings. The number of nitrogens with one attached hydrogen (secondary N) is 1. The van der Waals surface area contributed by atoms with E-state index in [1.54, 1.807) is 6.07 Å². The van der Waals surface area contributed by atoms with E-state index in [4.69, 9.17) is 23.2 Å². The van der Waals surface area contributed by atoms with Crippen molar-refractivity contribution in [1.82, 2.24) is 5.32 Å². The highest BCUT2D eigenvalue weighted by Gasteiger charge is 2.33. The Bertz CT molecular complexity index is 414. The first-order valence-corrected chi connectivity index (χ1v) is 7.11. The summed E-state index contributed by atoms with van der Waals surface area (Å²) in [5, 5.41) is 15.2. The molecule has 2 nitrogen and oxygen atoms in total. The van der Waals surface area contributed by atoms with Crippen LogP contribution in [0.25, 0.3) is 0 Å². The van der Waals surface area contributed by atoms with Crippen molar-refractivity contribution >= 4 is 23.2 Å². The summed E-state index contributed by atoms with van der Waals surface area (Å²) in [6.07, 6.45) is 4.27. The minimum absolute atomic E-state index is 0.533. The predicted molar refractivity (Wildman–Crippen MR) is 76.4 cm³/mol. The van der Waals surface area contributed by atoms with Gasteiger partial charge in [-0.3, -0.25) is 0 Å². The lowest BCUT2D eigenvalue weighted by atomic mass is 9.78. The van der Waals surface area contributed by atoms with Crippen molar-refractivity contribution in [2.24, 2.45) is 0 Å². The van der Waals surface area contributed by atoms with Crippen LogP contribution in [0.15, 0.2) is 18.2 Å². The van der Waals surface area contributed by atoms with Crippen molar-refractivity contribution in [3.63, 3.8) is 0 Å². The maximum Gasteiger partial charge on any atom is 0.0689 e. The van der Waals surface area contributed by atoms with E-state index >= 15 is 0 Å². The number of hydrogen-bond donors (Lipinski definition) is 2. The van der Waals surface area contributed by atoms with Gasteiger partial charge in [-0.2, -0.15) is 0 Å². The molecule has 1 aromatic rings. The lowest BCUT2D eigenvalue weighted by molar-refractivity contribution is -0.00241. The number of aliphatic hydroxyl groups is 1. The lowest BCUT2D eigenvalue weighted by Crippen LogP contribution is -2.41.